The fourth-order valence-corrected chi connectivity index (χ4v) is 4.23. The van der Waals surface area contributed by atoms with Gasteiger partial charge in [0, 0.05) is 31.9 Å². The number of fused-ring (bicyclic) bond motifs is 1. The summed E-state index contributed by atoms with van der Waals surface area (Å²) in [6.45, 7) is 6.29. The minimum Gasteiger partial charge on any atom is -0.370 e. The van der Waals surface area contributed by atoms with E-state index in [-0.39, 0.29) is 0 Å². The van der Waals surface area contributed by atoms with E-state index < -0.39 is 0 Å². The van der Waals surface area contributed by atoms with E-state index in [0.29, 0.717) is 0 Å². The molecular weight excluding hydrogens is 304 g/mol. The van der Waals surface area contributed by atoms with Crippen LogP contribution in [0, 0.1) is 6.92 Å². The summed E-state index contributed by atoms with van der Waals surface area (Å²) >= 11 is 1.76. The van der Waals surface area contributed by atoms with Crippen LogP contribution in [0.15, 0.2) is 42.0 Å². The largest absolute Gasteiger partial charge is 0.370 e. The lowest BCUT2D eigenvalue weighted by Gasteiger charge is -2.24. The Kier molecular flexibility index (Phi) is 3.87. The number of thiophene rings is 1. The Morgan fingerprint density at radius 2 is 1.74 bits per heavy atom. The first-order valence-corrected chi connectivity index (χ1v) is 8.94. The first-order chi connectivity index (χ1) is 11.3. The van der Waals surface area contributed by atoms with Gasteiger partial charge in [-0.25, -0.2) is 9.97 Å². The van der Waals surface area contributed by atoms with E-state index in [0.717, 1.165) is 43.9 Å². The van der Waals surface area contributed by atoms with Gasteiger partial charge in [0.2, 0.25) is 0 Å². The smallest absolute Gasteiger partial charge is 0.150 e. The molecule has 3 heterocycles. The van der Waals surface area contributed by atoms with E-state index in [1.54, 1.807) is 17.7 Å². The summed E-state index contributed by atoms with van der Waals surface area (Å²) in [5.74, 6) is 1.10. The number of hydrogen-bond donors (Lipinski definition) is 0. The first-order valence-electron chi connectivity index (χ1n) is 8.06. The van der Waals surface area contributed by atoms with Crippen molar-refractivity contribution < 1.29 is 0 Å². The number of aryl methyl sites for hydroxylation is 1. The molecular formula is C18H20N4S. The third-order valence-electron chi connectivity index (χ3n) is 4.43. The quantitative estimate of drug-likeness (QED) is 0.719. The van der Waals surface area contributed by atoms with E-state index in [1.165, 1.54) is 16.0 Å². The van der Waals surface area contributed by atoms with Crippen molar-refractivity contribution in [1.82, 2.24) is 9.97 Å². The van der Waals surface area contributed by atoms with Crippen molar-refractivity contribution >= 4 is 33.1 Å². The molecule has 0 amide bonds. The van der Waals surface area contributed by atoms with Crippen molar-refractivity contribution in [2.45, 2.75) is 13.3 Å². The lowest BCUT2D eigenvalue weighted by Crippen LogP contribution is -2.31. The third kappa shape index (κ3) is 2.77. The Bertz CT molecular complexity index is 799. The van der Waals surface area contributed by atoms with Gasteiger partial charge in [0.15, 0.2) is 0 Å². The maximum atomic E-state index is 4.59. The summed E-state index contributed by atoms with van der Waals surface area (Å²) in [6.07, 6.45) is 2.85. The summed E-state index contributed by atoms with van der Waals surface area (Å²) in [5.41, 5.74) is 3.66. The van der Waals surface area contributed by atoms with Gasteiger partial charge in [0.05, 0.1) is 10.2 Å². The van der Waals surface area contributed by atoms with E-state index in [2.05, 4.69) is 62.4 Å². The van der Waals surface area contributed by atoms with Gasteiger partial charge in [-0.15, -0.1) is 11.3 Å². The fraction of sp³-hybridized carbons (Fsp3) is 0.333. The van der Waals surface area contributed by atoms with E-state index in [4.69, 9.17) is 0 Å². The minimum atomic E-state index is 0.998. The molecule has 3 aromatic rings. The molecule has 1 aromatic carbocycles. The molecule has 0 N–H and O–H groups in total. The molecule has 4 rings (SSSR count). The molecule has 1 aliphatic rings. The predicted molar refractivity (Wildman–Crippen MR) is 97.6 cm³/mol. The van der Waals surface area contributed by atoms with Crippen LogP contribution in [0.25, 0.3) is 10.2 Å². The molecule has 118 valence electrons. The number of benzene rings is 1. The fourth-order valence-electron chi connectivity index (χ4n) is 3.21. The molecule has 1 saturated heterocycles. The number of para-hydroxylation sites is 1. The number of aromatic nitrogens is 2. The van der Waals surface area contributed by atoms with Gasteiger partial charge in [-0.05, 0) is 36.4 Å². The minimum absolute atomic E-state index is 0.998. The van der Waals surface area contributed by atoms with E-state index in [1.807, 2.05) is 0 Å². The molecule has 23 heavy (non-hydrogen) atoms. The second-order valence-electron chi connectivity index (χ2n) is 5.96. The maximum Gasteiger partial charge on any atom is 0.150 e. The number of rotatable bonds is 2. The maximum absolute atomic E-state index is 4.59. The van der Waals surface area contributed by atoms with Crippen molar-refractivity contribution in [1.29, 1.82) is 0 Å². The van der Waals surface area contributed by atoms with Crippen LogP contribution in [0.4, 0.5) is 11.5 Å². The summed E-state index contributed by atoms with van der Waals surface area (Å²) in [6, 6.07) is 10.7. The lowest BCUT2D eigenvalue weighted by atomic mass is 10.3. The van der Waals surface area contributed by atoms with Crippen LogP contribution in [0.3, 0.4) is 0 Å². The van der Waals surface area contributed by atoms with Gasteiger partial charge in [-0.3, -0.25) is 0 Å². The van der Waals surface area contributed by atoms with Gasteiger partial charge in [0.25, 0.3) is 0 Å². The van der Waals surface area contributed by atoms with Crippen LogP contribution >= 0.6 is 11.3 Å². The van der Waals surface area contributed by atoms with Gasteiger partial charge < -0.3 is 9.80 Å². The second kappa shape index (κ2) is 6.16. The first kappa shape index (κ1) is 14.5. The molecule has 5 heteroatoms. The molecule has 2 aromatic heterocycles. The second-order valence-corrected chi connectivity index (χ2v) is 6.84. The van der Waals surface area contributed by atoms with Crippen molar-refractivity contribution in [3.63, 3.8) is 0 Å². The lowest BCUT2D eigenvalue weighted by molar-refractivity contribution is 0.800. The SMILES string of the molecule is Cc1csc2c(N3CCCN(c4ccccc4)CC3)ncnc12. The summed E-state index contributed by atoms with van der Waals surface area (Å²) in [7, 11) is 0. The van der Waals surface area contributed by atoms with E-state index >= 15 is 0 Å². The molecule has 0 unspecified atom stereocenters. The topological polar surface area (TPSA) is 32.3 Å². The Morgan fingerprint density at radius 1 is 0.957 bits per heavy atom. The molecule has 0 aliphatic carbocycles. The standard InChI is InChI=1S/C18H20N4S/c1-14-12-23-17-16(14)19-13-20-18(17)22-9-5-8-21(10-11-22)15-6-3-2-4-7-15/h2-4,6-7,12-13H,5,8-11H2,1H3. The zero-order chi connectivity index (χ0) is 15.6. The predicted octanol–water partition coefficient (Wildman–Crippen LogP) is 3.72. The number of anilines is 2. The Balaban J connectivity index is 1.59. The average Bonchev–Trinajstić information content (AvgIpc) is 2.83. The Morgan fingerprint density at radius 3 is 2.61 bits per heavy atom. The highest BCUT2D eigenvalue weighted by Crippen LogP contribution is 2.31. The van der Waals surface area contributed by atoms with Gasteiger partial charge in [0.1, 0.15) is 12.1 Å². The van der Waals surface area contributed by atoms with Crippen molar-refractivity contribution in [2.75, 3.05) is 36.0 Å². The molecule has 0 atom stereocenters. The normalized spacial score (nSPS) is 15.9. The van der Waals surface area contributed by atoms with Crippen LogP contribution < -0.4 is 9.80 Å². The van der Waals surface area contributed by atoms with Gasteiger partial charge in [-0.2, -0.15) is 0 Å². The molecule has 0 radical (unpaired) electrons. The summed E-state index contributed by atoms with van der Waals surface area (Å²) in [5, 5.41) is 2.18. The molecule has 0 spiro atoms. The highest BCUT2D eigenvalue weighted by atomic mass is 32.1. The molecule has 0 bridgehead atoms. The number of hydrogen-bond acceptors (Lipinski definition) is 5. The zero-order valence-electron chi connectivity index (χ0n) is 13.3. The monoisotopic (exact) mass is 324 g/mol. The van der Waals surface area contributed by atoms with Crippen LogP contribution in [0.2, 0.25) is 0 Å². The van der Waals surface area contributed by atoms with Gasteiger partial charge >= 0.3 is 0 Å². The Labute approximate surface area is 140 Å². The van der Waals surface area contributed by atoms with Gasteiger partial charge in [-0.1, -0.05) is 18.2 Å². The molecule has 1 aliphatic heterocycles. The average molecular weight is 324 g/mol. The third-order valence-corrected chi connectivity index (χ3v) is 5.51. The molecule has 4 nitrogen and oxygen atoms in total. The van der Waals surface area contributed by atoms with Crippen molar-refractivity contribution in [3.8, 4) is 0 Å². The highest BCUT2D eigenvalue weighted by molar-refractivity contribution is 7.18. The Hall–Kier alpha value is -2.14. The van der Waals surface area contributed by atoms with Crippen LogP contribution in [-0.2, 0) is 0 Å². The van der Waals surface area contributed by atoms with Crippen molar-refractivity contribution in [2.24, 2.45) is 0 Å². The van der Waals surface area contributed by atoms with Crippen molar-refractivity contribution in [3.05, 3.63) is 47.6 Å². The summed E-state index contributed by atoms with van der Waals surface area (Å²) < 4.78 is 1.22. The van der Waals surface area contributed by atoms with E-state index in [9.17, 15) is 0 Å². The molecule has 1 fully saturated rings. The van der Waals surface area contributed by atoms with Crippen LogP contribution in [0.1, 0.15) is 12.0 Å². The zero-order valence-corrected chi connectivity index (χ0v) is 14.1. The van der Waals surface area contributed by atoms with Crippen LogP contribution in [0.5, 0.6) is 0 Å². The number of nitrogens with zero attached hydrogens (tertiary/aromatic N) is 4. The summed E-state index contributed by atoms with van der Waals surface area (Å²) in [4.78, 5) is 13.9. The molecule has 0 saturated carbocycles. The highest BCUT2D eigenvalue weighted by Gasteiger charge is 2.19. The van der Waals surface area contributed by atoms with Crippen LogP contribution in [-0.4, -0.2) is 36.1 Å².